The lowest BCUT2D eigenvalue weighted by Gasteiger charge is -2.22. The number of aryl methyl sites for hydroxylation is 2. The first kappa shape index (κ1) is 17.5. The summed E-state index contributed by atoms with van der Waals surface area (Å²) in [5, 5.41) is 7.06. The highest BCUT2D eigenvalue weighted by Crippen LogP contribution is 2.24. The van der Waals surface area contributed by atoms with Gasteiger partial charge in [-0.1, -0.05) is 36.6 Å². The predicted octanol–water partition coefficient (Wildman–Crippen LogP) is 4.24. The van der Waals surface area contributed by atoms with Crippen LogP contribution in [0.2, 0.25) is 0 Å². The zero-order valence-corrected chi connectivity index (χ0v) is 15.2. The number of amides is 1. The van der Waals surface area contributed by atoms with Crippen LogP contribution in [-0.2, 0) is 6.61 Å². The van der Waals surface area contributed by atoms with Gasteiger partial charge in [0, 0.05) is 6.04 Å². The molecule has 1 heterocycles. The number of nitrogens with one attached hydrogen (secondary N) is 1. The van der Waals surface area contributed by atoms with E-state index in [4.69, 9.17) is 9.26 Å². The van der Waals surface area contributed by atoms with Gasteiger partial charge in [0.2, 0.25) is 0 Å². The first-order valence-electron chi connectivity index (χ1n) is 9.01. The molecule has 25 heavy (non-hydrogen) atoms. The Labute approximate surface area is 148 Å². The van der Waals surface area contributed by atoms with Crippen LogP contribution in [0.4, 0.5) is 0 Å². The third-order valence-electron chi connectivity index (χ3n) is 5.07. The first-order valence-corrected chi connectivity index (χ1v) is 9.01. The van der Waals surface area contributed by atoms with E-state index in [9.17, 15) is 4.79 Å². The van der Waals surface area contributed by atoms with Crippen LogP contribution in [0, 0.1) is 20.8 Å². The van der Waals surface area contributed by atoms with E-state index < -0.39 is 0 Å². The summed E-state index contributed by atoms with van der Waals surface area (Å²) < 4.78 is 11.2. The van der Waals surface area contributed by atoms with Gasteiger partial charge >= 0.3 is 0 Å². The molecule has 0 radical (unpaired) electrons. The Kier molecular flexibility index (Phi) is 5.41. The third kappa shape index (κ3) is 4.03. The van der Waals surface area contributed by atoms with Gasteiger partial charge in [-0.3, -0.25) is 4.79 Å². The fraction of sp³-hybridized carbons (Fsp3) is 0.500. The highest BCUT2D eigenvalue weighted by molar-refractivity contribution is 5.94. The molecular weight excluding hydrogens is 316 g/mol. The van der Waals surface area contributed by atoms with Crippen molar-refractivity contribution >= 4 is 5.91 Å². The minimum atomic E-state index is -0.164. The fourth-order valence-electron chi connectivity index (χ4n) is 3.27. The molecule has 1 fully saturated rings. The number of hydrogen-bond donors (Lipinski definition) is 1. The zero-order chi connectivity index (χ0) is 17.8. The summed E-state index contributed by atoms with van der Waals surface area (Å²) in [7, 11) is 0. The van der Waals surface area contributed by atoms with E-state index in [1.807, 2.05) is 26.0 Å². The molecule has 1 aromatic carbocycles. The van der Waals surface area contributed by atoms with Gasteiger partial charge in [0.1, 0.15) is 18.1 Å². The Morgan fingerprint density at radius 2 is 2.00 bits per heavy atom. The topological polar surface area (TPSA) is 64.4 Å². The van der Waals surface area contributed by atoms with E-state index in [0.29, 0.717) is 17.0 Å². The van der Waals surface area contributed by atoms with Crippen molar-refractivity contribution in [3.63, 3.8) is 0 Å². The number of carbonyl (C=O) groups excluding carboxylic acids is 1. The highest BCUT2D eigenvalue weighted by Gasteiger charge is 2.23. The molecule has 0 spiro atoms. The average Bonchev–Trinajstić information content (AvgIpc) is 2.98. The van der Waals surface area contributed by atoms with Gasteiger partial charge in [0.15, 0.2) is 5.69 Å². The number of ether oxygens (including phenoxy) is 1. The van der Waals surface area contributed by atoms with E-state index in [0.717, 1.165) is 24.2 Å². The fourth-order valence-corrected chi connectivity index (χ4v) is 3.27. The minimum absolute atomic E-state index is 0.164. The van der Waals surface area contributed by atoms with E-state index >= 15 is 0 Å². The molecule has 0 unspecified atom stereocenters. The van der Waals surface area contributed by atoms with Crippen LogP contribution < -0.4 is 10.1 Å². The van der Waals surface area contributed by atoms with Crippen LogP contribution in [0.15, 0.2) is 22.7 Å². The number of aromatic nitrogens is 1. The largest absolute Gasteiger partial charge is 0.488 e. The molecule has 2 aromatic rings. The summed E-state index contributed by atoms with van der Waals surface area (Å²) in [5.74, 6) is 1.28. The molecule has 0 aliphatic heterocycles. The molecule has 1 aliphatic carbocycles. The molecule has 0 atom stereocenters. The van der Waals surface area contributed by atoms with Gasteiger partial charge < -0.3 is 14.6 Å². The second-order valence-corrected chi connectivity index (χ2v) is 6.86. The van der Waals surface area contributed by atoms with Crippen molar-refractivity contribution in [3.8, 4) is 5.75 Å². The normalized spacial score (nSPS) is 15.2. The highest BCUT2D eigenvalue weighted by atomic mass is 16.5. The average molecular weight is 342 g/mol. The Morgan fingerprint density at radius 3 is 2.76 bits per heavy atom. The van der Waals surface area contributed by atoms with Crippen molar-refractivity contribution < 1.29 is 14.1 Å². The maximum Gasteiger partial charge on any atom is 0.274 e. The molecule has 1 N–H and O–H groups in total. The summed E-state index contributed by atoms with van der Waals surface area (Å²) in [4.78, 5) is 12.6. The third-order valence-corrected chi connectivity index (χ3v) is 5.07. The van der Waals surface area contributed by atoms with Crippen LogP contribution in [-0.4, -0.2) is 17.1 Å². The van der Waals surface area contributed by atoms with Crippen molar-refractivity contribution in [3.05, 3.63) is 46.3 Å². The van der Waals surface area contributed by atoms with Crippen molar-refractivity contribution in [2.24, 2.45) is 0 Å². The van der Waals surface area contributed by atoms with Crippen molar-refractivity contribution in [2.75, 3.05) is 0 Å². The Bertz CT molecular complexity index is 745. The molecule has 1 amide bonds. The number of hydrogen-bond acceptors (Lipinski definition) is 4. The molecule has 3 rings (SSSR count). The monoisotopic (exact) mass is 342 g/mol. The second kappa shape index (κ2) is 7.72. The Morgan fingerprint density at radius 1 is 1.24 bits per heavy atom. The molecule has 1 aromatic heterocycles. The lowest BCUT2D eigenvalue weighted by Crippen LogP contribution is -2.36. The number of nitrogens with zero attached hydrogens (tertiary/aromatic N) is 1. The standard InChI is InChI=1S/C20H26N2O3/c1-13-8-7-11-18(14(13)2)24-12-17-15(3)25-22-19(17)20(23)21-16-9-5-4-6-10-16/h7-8,11,16H,4-6,9-10,12H2,1-3H3,(H,21,23). The first-order chi connectivity index (χ1) is 12.1. The molecule has 5 heteroatoms. The van der Waals surface area contributed by atoms with Crippen molar-refractivity contribution in [1.29, 1.82) is 0 Å². The van der Waals surface area contributed by atoms with E-state index in [2.05, 4.69) is 23.5 Å². The van der Waals surface area contributed by atoms with Crippen LogP contribution in [0.1, 0.15) is 65.0 Å². The zero-order valence-electron chi connectivity index (χ0n) is 15.2. The van der Waals surface area contributed by atoms with Gasteiger partial charge in [0.25, 0.3) is 5.91 Å². The quantitative estimate of drug-likeness (QED) is 0.882. The summed E-state index contributed by atoms with van der Waals surface area (Å²) in [6.07, 6.45) is 5.68. The van der Waals surface area contributed by atoms with Gasteiger partial charge in [-0.2, -0.15) is 0 Å². The number of carbonyl (C=O) groups is 1. The van der Waals surface area contributed by atoms with Crippen molar-refractivity contribution in [2.45, 2.75) is 65.5 Å². The molecule has 0 bridgehead atoms. The summed E-state index contributed by atoms with van der Waals surface area (Å²) in [6.45, 7) is 6.16. The van der Waals surface area contributed by atoms with Gasteiger partial charge in [-0.15, -0.1) is 0 Å². The van der Waals surface area contributed by atoms with E-state index in [1.54, 1.807) is 0 Å². The minimum Gasteiger partial charge on any atom is -0.488 e. The van der Waals surface area contributed by atoms with Crippen LogP contribution in [0.3, 0.4) is 0 Å². The van der Waals surface area contributed by atoms with Crippen LogP contribution in [0.25, 0.3) is 0 Å². The number of benzene rings is 1. The van der Waals surface area contributed by atoms with Crippen LogP contribution >= 0.6 is 0 Å². The van der Waals surface area contributed by atoms with Gasteiger partial charge in [-0.05, 0) is 50.8 Å². The Balaban J connectivity index is 1.70. The molecule has 5 nitrogen and oxygen atoms in total. The number of rotatable bonds is 5. The van der Waals surface area contributed by atoms with E-state index in [1.165, 1.54) is 24.8 Å². The lowest BCUT2D eigenvalue weighted by atomic mass is 9.95. The molecule has 1 saturated carbocycles. The van der Waals surface area contributed by atoms with Gasteiger partial charge in [0.05, 0.1) is 5.56 Å². The molecule has 134 valence electrons. The summed E-state index contributed by atoms with van der Waals surface area (Å²) in [6, 6.07) is 6.20. The lowest BCUT2D eigenvalue weighted by molar-refractivity contribution is 0.0916. The Hall–Kier alpha value is -2.30. The predicted molar refractivity (Wildman–Crippen MR) is 95.8 cm³/mol. The summed E-state index contributed by atoms with van der Waals surface area (Å²) >= 11 is 0. The molecule has 0 saturated heterocycles. The van der Waals surface area contributed by atoms with Gasteiger partial charge in [-0.25, -0.2) is 0 Å². The maximum absolute atomic E-state index is 12.6. The smallest absolute Gasteiger partial charge is 0.274 e. The maximum atomic E-state index is 12.6. The summed E-state index contributed by atoms with van der Waals surface area (Å²) in [5.41, 5.74) is 3.34. The molecule has 1 aliphatic rings. The second-order valence-electron chi connectivity index (χ2n) is 6.86. The van der Waals surface area contributed by atoms with E-state index in [-0.39, 0.29) is 18.6 Å². The SMILES string of the molecule is Cc1cccc(OCc2c(C(=O)NC3CCCCC3)noc2C)c1C. The van der Waals surface area contributed by atoms with Crippen LogP contribution in [0.5, 0.6) is 5.75 Å². The van der Waals surface area contributed by atoms with Crippen molar-refractivity contribution in [1.82, 2.24) is 10.5 Å². The molecular formula is C20H26N2O3.